The van der Waals surface area contributed by atoms with Crippen LogP contribution in [0.25, 0.3) is 10.9 Å². The lowest BCUT2D eigenvalue weighted by Gasteiger charge is -2.21. The maximum Gasteiger partial charge on any atom is 0.231 e. The lowest BCUT2D eigenvalue weighted by atomic mass is 10.0. The normalized spacial score (nSPS) is 10.9. The van der Waals surface area contributed by atoms with Crippen molar-refractivity contribution >= 4 is 22.5 Å². The molecular weight excluding hydrogens is 284 g/mol. The molecule has 0 unspecified atom stereocenters. The van der Waals surface area contributed by atoms with Crippen molar-refractivity contribution < 1.29 is 4.79 Å². The Labute approximate surface area is 136 Å². The minimum atomic E-state index is 0.129. The van der Waals surface area contributed by atoms with Crippen molar-refractivity contribution in [3.8, 4) is 0 Å². The lowest BCUT2D eigenvalue weighted by molar-refractivity contribution is -0.117. The van der Waals surface area contributed by atoms with Crippen molar-refractivity contribution in [1.29, 1.82) is 0 Å². The summed E-state index contributed by atoms with van der Waals surface area (Å²) < 4.78 is 0. The van der Waals surface area contributed by atoms with E-state index in [4.69, 9.17) is 0 Å². The Morgan fingerprint density at radius 2 is 1.83 bits per heavy atom. The summed E-state index contributed by atoms with van der Waals surface area (Å²) in [4.78, 5) is 18.1. The van der Waals surface area contributed by atoms with E-state index in [0.29, 0.717) is 13.0 Å². The Hall–Kier alpha value is -2.55. The van der Waals surface area contributed by atoms with Gasteiger partial charge in [-0.3, -0.25) is 4.79 Å². The van der Waals surface area contributed by atoms with Crippen LogP contribution in [0, 0.1) is 13.8 Å². The Morgan fingerprint density at radius 1 is 1.09 bits per heavy atom. The number of para-hydroxylation sites is 1. The van der Waals surface area contributed by atoms with E-state index in [1.54, 1.807) is 0 Å². The molecule has 3 nitrogen and oxygen atoms in total. The minimum Gasteiger partial charge on any atom is -0.358 e. The van der Waals surface area contributed by atoms with Crippen molar-refractivity contribution in [3.05, 3.63) is 65.4 Å². The molecule has 0 radical (unpaired) electrons. The first-order valence-corrected chi connectivity index (χ1v) is 8.03. The van der Waals surface area contributed by atoms with Crippen LogP contribution in [0.4, 0.5) is 5.69 Å². The van der Waals surface area contributed by atoms with Crippen LogP contribution in [-0.2, 0) is 11.2 Å². The molecule has 3 heteroatoms. The van der Waals surface area contributed by atoms with Crippen LogP contribution in [0.15, 0.2) is 48.5 Å². The molecule has 1 aromatic heterocycles. The van der Waals surface area contributed by atoms with Gasteiger partial charge in [-0.1, -0.05) is 29.8 Å². The quantitative estimate of drug-likeness (QED) is 0.763. The number of rotatable bonds is 4. The van der Waals surface area contributed by atoms with Crippen molar-refractivity contribution in [2.75, 3.05) is 11.4 Å². The molecule has 1 amide bonds. The van der Waals surface area contributed by atoms with Crippen LogP contribution in [-0.4, -0.2) is 17.4 Å². The molecule has 1 N–H and O–H groups in total. The average Bonchev–Trinajstić information content (AvgIpc) is 2.85. The minimum absolute atomic E-state index is 0.129. The number of amides is 1. The van der Waals surface area contributed by atoms with Gasteiger partial charge in [0.05, 0.1) is 6.42 Å². The number of hydrogen-bond donors (Lipinski definition) is 1. The molecule has 0 aliphatic rings. The van der Waals surface area contributed by atoms with Gasteiger partial charge in [0.2, 0.25) is 5.91 Å². The molecule has 0 spiro atoms. The molecule has 0 saturated carbocycles. The zero-order valence-corrected chi connectivity index (χ0v) is 13.9. The molecule has 23 heavy (non-hydrogen) atoms. The molecule has 0 aliphatic carbocycles. The summed E-state index contributed by atoms with van der Waals surface area (Å²) in [6, 6.07) is 16.2. The van der Waals surface area contributed by atoms with Gasteiger partial charge in [-0.2, -0.15) is 0 Å². The molecule has 1 heterocycles. The van der Waals surface area contributed by atoms with Gasteiger partial charge in [0, 0.05) is 28.8 Å². The second kappa shape index (κ2) is 6.29. The second-order valence-corrected chi connectivity index (χ2v) is 5.93. The van der Waals surface area contributed by atoms with Crippen LogP contribution in [0.1, 0.15) is 23.7 Å². The third-order valence-corrected chi connectivity index (χ3v) is 4.29. The molecule has 0 fully saturated rings. The first-order valence-electron chi connectivity index (χ1n) is 8.03. The van der Waals surface area contributed by atoms with Gasteiger partial charge in [-0.15, -0.1) is 0 Å². The van der Waals surface area contributed by atoms with Gasteiger partial charge in [0.15, 0.2) is 0 Å². The number of aromatic nitrogens is 1. The summed E-state index contributed by atoms with van der Waals surface area (Å²) in [7, 11) is 0. The van der Waals surface area contributed by atoms with Crippen LogP contribution >= 0.6 is 0 Å². The smallest absolute Gasteiger partial charge is 0.231 e. The number of fused-ring (bicyclic) bond motifs is 1. The van der Waals surface area contributed by atoms with Gasteiger partial charge in [-0.25, -0.2) is 0 Å². The number of benzene rings is 2. The average molecular weight is 306 g/mol. The highest BCUT2D eigenvalue weighted by molar-refractivity contribution is 5.98. The Morgan fingerprint density at radius 3 is 2.52 bits per heavy atom. The Bertz CT molecular complexity index is 833. The van der Waals surface area contributed by atoms with E-state index in [-0.39, 0.29) is 5.91 Å². The fraction of sp³-hybridized carbons (Fsp3) is 0.250. The summed E-state index contributed by atoms with van der Waals surface area (Å²) in [6.45, 7) is 6.80. The van der Waals surface area contributed by atoms with Crippen molar-refractivity contribution in [1.82, 2.24) is 4.98 Å². The SMILES string of the molecule is CCN(C(=O)Cc1c(C)[nH]c2ccc(C)cc12)c1ccccc1. The number of H-pyrrole nitrogens is 1. The lowest BCUT2D eigenvalue weighted by Crippen LogP contribution is -2.32. The highest BCUT2D eigenvalue weighted by Gasteiger charge is 2.18. The number of carbonyl (C=O) groups excluding carboxylic acids is 1. The van der Waals surface area contributed by atoms with Crippen molar-refractivity contribution in [3.63, 3.8) is 0 Å². The van der Waals surface area contributed by atoms with Gasteiger partial charge in [-0.05, 0) is 50.6 Å². The van der Waals surface area contributed by atoms with Gasteiger partial charge in [0.1, 0.15) is 0 Å². The van der Waals surface area contributed by atoms with Crippen LogP contribution in [0.2, 0.25) is 0 Å². The highest BCUT2D eigenvalue weighted by atomic mass is 16.2. The molecule has 0 saturated heterocycles. The van der Waals surface area contributed by atoms with Crippen LogP contribution in [0.3, 0.4) is 0 Å². The van der Waals surface area contributed by atoms with Crippen molar-refractivity contribution in [2.24, 2.45) is 0 Å². The number of aromatic amines is 1. The first kappa shape index (κ1) is 15.3. The van der Waals surface area contributed by atoms with E-state index in [1.807, 2.05) is 49.1 Å². The number of hydrogen-bond acceptors (Lipinski definition) is 1. The number of likely N-dealkylation sites (N-methyl/N-ethyl adjacent to an activating group) is 1. The first-order chi connectivity index (χ1) is 11.1. The molecule has 0 atom stereocenters. The Balaban J connectivity index is 1.93. The van der Waals surface area contributed by atoms with Gasteiger partial charge >= 0.3 is 0 Å². The zero-order chi connectivity index (χ0) is 16.4. The van der Waals surface area contributed by atoms with Gasteiger partial charge < -0.3 is 9.88 Å². The zero-order valence-electron chi connectivity index (χ0n) is 13.9. The molecule has 0 bridgehead atoms. The van der Waals surface area contributed by atoms with E-state index in [9.17, 15) is 4.79 Å². The molecule has 0 aliphatic heterocycles. The molecule has 3 rings (SSSR count). The molecular formula is C20H22N2O. The fourth-order valence-electron chi connectivity index (χ4n) is 3.08. The molecule has 3 aromatic rings. The number of anilines is 1. The van der Waals surface area contributed by atoms with Crippen molar-refractivity contribution in [2.45, 2.75) is 27.2 Å². The van der Waals surface area contributed by atoms with Crippen LogP contribution < -0.4 is 4.90 Å². The number of carbonyl (C=O) groups is 1. The van der Waals surface area contributed by atoms with Crippen LogP contribution in [0.5, 0.6) is 0 Å². The molecule has 2 aromatic carbocycles. The Kier molecular flexibility index (Phi) is 4.20. The maximum atomic E-state index is 12.8. The predicted molar refractivity (Wildman–Crippen MR) is 95.9 cm³/mol. The van der Waals surface area contributed by atoms with E-state index in [0.717, 1.165) is 27.8 Å². The predicted octanol–water partition coefficient (Wildman–Crippen LogP) is 4.38. The topological polar surface area (TPSA) is 36.1 Å². The summed E-state index contributed by atoms with van der Waals surface area (Å²) in [5.74, 6) is 0.129. The van der Waals surface area contributed by atoms with E-state index in [2.05, 4.69) is 30.1 Å². The number of nitrogens with zero attached hydrogens (tertiary/aromatic N) is 1. The standard InChI is InChI=1S/C20H22N2O/c1-4-22(16-8-6-5-7-9-16)20(23)13-17-15(3)21-19-11-10-14(2)12-18(17)19/h5-12,21H,4,13H2,1-3H3. The third-order valence-electron chi connectivity index (χ3n) is 4.29. The van der Waals surface area contributed by atoms with E-state index >= 15 is 0 Å². The largest absolute Gasteiger partial charge is 0.358 e. The van der Waals surface area contributed by atoms with E-state index < -0.39 is 0 Å². The monoisotopic (exact) mass is 306 g/mol. The summed E-state index contributed by atoms with van der Waals surface area (Å²) in [6.07, 6.45) is 0.415. The maximum absolute atomic E-state index is 12.8. The summed E-state index contributed by atoms with van der Waals surface area (Å²) in [5, 5.41) is 1.15. The third kappa shape index (κ3) is 3.00. The van der Waals surface area contributed by atoms with Gasteiger partial charge in [0.25, 0.3) is 0 Å². The second-order valence-electron chi connectivity index (χ2n) is 5.93. The number of nitrogens with one attached hydrogen (secondary N) is 1. The number of aryl methyl sites for hydroxylation is 2. The highest BCUT2D eigenvalue weighted by Crippen LogP contribution is 2.25. The molecule has 118 valence electrons. The van der Waals surface area contributed by atoms with E-state index in [1.165, 1.54) is 5.56 Å². The summed E-state index contributed by atoms with van der Waals surface area (Å²) >= 11 is 0. The fourth-order valence-corrected chi connectivity index (χ4v) is 3.08. The summed E-state index contributed by atoms with van der Waals surface area (Å²) in [5.41, 5.74) is 5.43.